The van der Waals surface area contributed by atoms with Gasteiger partial charge in [0.25, 0.3) is 5.92 Å². The maximum atomic E-state index is 16.8. The van der Waals surface area contributed by atoms with E-state index in [9.17, 15) is 19.5 Å². The predicted octanol–water partition coefficient (Wildman–Crippen LogP) is 13.9. The summed E-state index contributed by atoms with van der Waals surface area (Å²) in [5, 5.41) is 32.3. The first-order valence-corrected chi connectivity index (χ1v) is 39.7. The van der Waals surface area contributed by atoms with Crippen LogP contribution in [0.25, 0.3) is 63.7 Å². The largest absolute Gasteiger partial charge is 0.462 e. The van der Waals surface area contributed by atoms with Crippen molar-refractivity contribution in [2.45, 2.75) is 199 Å². The number of benzene rings is 3. The number of aryl methyl sites for hydroxylation is 1. The second-order valence-electron chi connectivity index (χ2n) is 31.8. The van der Waals surface area contributed by atoms with Crippen LogP contribution in [0.5, 0.6) is 6.01 Å². The lowest BCUT2D eigenvalue weighted by molar-refractivity contribution is -0.144. The zero-order valence-electron chi connectivity index (χ0n) is 58.6. The fourth-order valence-corrected chi connectivity index (χ4v) is 24.9. The van der Waals surface area contributed by atoms with E-state index in [-0.39, 0.29) is 86.7 Å². The van der Waals surface area contributed by atoms with E-state index >= 15 is 13.2 Å². The number of aromatic amines is 1. The number of halogens is 3. The van der Waals surface area contributed by atoms with E-state index in [1.54, 1.807) is 29.8 Å². The van der Waals surface area contributed by atoms with E-state index in [4.69, 9.17) is 19.7 Å². The molecular formula is C76H93F3N12O5S2Si. The molecule has 0 radical (unpaired) electrons. The zero-order valence-corrected chi connectivity index (χ0v) is 61.2. The third-order valence-corrected chi connectivity index (χ3v) is 31.8. The zero-order chi connectivity index (χ0) is 69.7. The molecule has 99 heavy (non-hydrogen) atoms. The molecule has 6 atom stereocenters. The number of nitrogens with one attached hydrogen (secondary N) is 4. The minimum atomic E-state index is -2.94. The molecule has 2 bridgehead atoms. The Morgan fingerprint density at radius 1 is 0.889 bits per heavy atom. The first-order valence-electron chi connectivity index (χ1n) is 35.7. The minimum Gasteiger partial charge on any atom is -0.462 e. The van der Waals surface area contributed by atoms with Gasteiger partial charge in [0.05, 0.1) is 60.7 Å². The number of amides is 3. The highest BCUT2D eigenvalue weighted by Crippen LogP contribution is 2.62. The number of piperidine rings is 1. The van der Waals surface area contributed by atoms with E-state index in [1.165, 1.54) is 22.3 Å². The molecule has 3 amide bonds. The number of ether oxygens (including phenoxy) is 1. The molecule has 23 heteroatoms. The van der Waals surface area contributed by atoms with E-state index in [0.29, 0.717) is 70.1 Å². The Hall–Kier alpha value is -7.07. The number of fused-ring (bicyclic) bond motifs is 7. The molecular weight excluding hydrogens is 1310 g/mol. The summed E-state index contributed by atoms with van der Waals surface area (Å²) in [5.41, 5.74) is 9.99. The molecule has 9 heterocycles. The van der Waals surface area contributed by atoms with Gasteiger partial charge in [-0.15, -0.1) is 28.2 Å². The van der Waals surface area contributed by atoms with Crippen LogP contribution in [0.3, 0.4) is 0 Å². The lowest BCUT2D eigenvalue weighted by Gasteiger charge is -2.46. The van der Waals surface area contributed by atoms with Crippen molar-refractivity contribution < 1.29 is 37.4 Å². The number of thiophene rings is 1. The number of hydrogen-bond donors (Lipinski definition) is 5. The summed E-state index contributed by atoms with van der Waals surface area (Å²) < 4.78 is 56.3. The van der Waals surface area contributed by atoms with E-state index < -0.39 is 54.7 Å². The molecule has 5 N–H and O–H groups in total. The number of carbonyl (C=O) groups is 3. The quantitative estimate of drug-likeness (QED) is 0.0401. The van der Waals surface area contributed by atoms with Crippen LogP contribution >= 0.6 is 22.7 Å². The van der Waals surface area contributed by atoms with Crippen LogP contribution in [0.4, 0.5) is 19.0 Å². The van der Waals surface area contributed by atoms with Crippen molar-refractivity contribution in [2.24, 2.45) is 22.2 Å². The number of piperazine rings is 1. The number of carbonyl (C=O) groups excluding carboxylic acids is 3. The van der Waals surface area contributed by atoms with Gasteiger partial charge in [-0.2, -0.15) is 15.1 Å². The molecule has 5 aromatic heterocycles. The van der Waals surface area contributed by atoms with Crippen LogP contribution in [0.2, 0.25) is 16.6 Å². The Labute approximate surface area is 586 Å². The van der Waals surface area contributed by atoms with Gasteiger partial charge in [0, 0.05) is 92.0 Å². The van der Waals surface area contributed by atoms with Gasteiger partial charge in [-0.3, -0.25) is 24.5 Å². The van der Waals surface area contributed by atoms with Crippen molar-refractivity contribution >= 4 is 96.3 Å². The lowest BCUT2D eigenvalue weighted by atomic mass is 9.65. The molecule has 2 unspecified atom stereocenters. The van der Waals surface area contributed by atoms with Crippen molar-refractivity contribution in [1.29, 1.82) is 0 Å². The number of anilines is 1. The molecule has 2 saturated carbocycles. The smallest absolute Gasteiger partial charge is 0.319 e. The monoisotopic (exact) mass is 1400 g/mol. The molecule has 524 valence electrons. The summed E-state index contributed by atoms with van der Waals surface area (Å²) in [6, 6.07) is 14.0. The van der Waals surface area contributed by atoms with Gasteiger partial charge < -0.3 is 40.5 Å². The van der Waals surface area contributed by atoms with Gasteiger partial charge in [0.2, 0.25) is 17.7 Å². The van der Waals surface area contributed by atoms with Gasteiger partial charge in [0.15, 0.2) is 0 Å². The van der Waals surface area contributed by atoms with Crippen molar-refractivity contribution in [3.63, 3.8) is 0 Å². The molecule has 2 aliphatic carbocycles. The number of pyridine rings is 1. The summed E-state index contributed by atoms with van der Waals surface area (Å²) >= 11 is 3.03. The molecule has 4 aliphatic heterocycles. The highest BCUT2D eigenvalue weighted by atomic mass is 32.1. The molecule has 3 aromatic carbocycles. The number of rotatable bonds is 18. The van der Waals surface area contributed by atoms with Crippen LogP contribution in [-0.2, 0) is 20.9 Å². The summed E-state index contributed by atoms with van der Waals surface area (Å²) in [4.78, 5) is 69.6. The Morgan fingerprint density at radius 2 is 1.60 bits per heavy atom. The van der Waals surface area contributed by atoms with Crippen LogP contribution in [-0.4, -0.2) is 153 Å². The highest BCUT2D eigenvalue weighted by molar-refractivity contribution is 7.26. The van der Waals surface area contributed by atoms with Gasteiger partial charge >= 0.3 is 6.01 Å². The number of H-pyrrole nitrogens is 1. The number of aliphatic hydroxyl groups is 1. The molecule has 6 aliphatic rings. The van der Waals surface area contributed by atoms with Crippen molar-refractivity contribution in [1.82, 2.24) is 55.9 Å². The maximum Gasteiger partial charge on any atom is 0.319 e. The molecule has 8 aromatic rings. The summed E-state index contributed by atoms with van der Waals surface area (Å²) in [5.74, 6) is 0.0245. The number of aliphatic hydroxyl groups excluding tert-OH is 1. The number of aromatic nitrogens is 6. The van der Waals surface area contributed by atoms with Crippen LogP contribution in [0.1, 0.15) is 150 Å². The standard InChI is InChI=1S/C76H93F3N12O5S2Si/c1-43(2)99(44(3)4,45(5)6)30-22-54-57(77)18-15-50-32-58-56(35-83-88-58)62(61(50)54)64-66-55(21-27-80-64)63-68(90-36-51-16-17-52(37-90)84-51)86-72(87-70(63)98-66)96-41-75(39-76(75,78)79)40-89-28-25-74(26-29-89)23-19-47(20-24-74)31-60(93)85-67(73(8,9)10)71(95)91-38-53(92)33-59(91)69(94)81-34-48-11-13-49(14-12-48)65-46(7)82-42-97-65/h11-15,18,21,27,32,35,42-45,47,51-53,59,67,84,92H,16-17,19-20,23-26,28-29,31,33-34,36-41H2,1-10H3,(H,81,94)(H,83,88)(H,85,93)/t51?,52?,53-,59+,67-,75-/m1/s1. The lowest BCUT2D eigenvalue weighted by Crippen LogP contribution is -2.57. The molecule has 4 saturated heterocycles. The summed E-state index contributed by atoms with van der Waals surface area (Å²) in [6.45, 7) is 24.2. The summed E-state index contributed by atoms with van der Waals surface area (Å²) in [6.07, 6.45) is 10.1. The van der Waals surface area contributed by atoms with Gasteiger partial charge in [-0.05, 0) is 139 Å². The summed E-state index contributed by atoms with van der Waals surface area (Å²) in [7, 11) is -2.30. The van der Waals surface area contributed by atoms with E-state index in [0.717, 1.165) is 110 Å². The van der Waals surface area contributed by atoms with E-state index in [1.807, 2.05) is 69.6 Å². The maximum absolute atomic E-state index is 16.8. The first kappa shape index (κ1) is 69.0. The molecule has 6 fully saturated rings. The number of thiazole rings is 1. The van der Waals surface area contributed by atoms with Crippen LogP contribution in [0.15, 0.2) is 66.4 Å². The van der Waals surface area contributed by atoms with E-state index in [2.05, 4.69) is 93.9 Å². The minimum absolute atomic E-state index is 0.00654. The second kappa shape index (κ2) is 26.7. The molecule has 17 nitrogen and oxygen atoms in total. The topological polar surface area (TPSA) is 207 Å². The number of nitrogens with zero attached hydrogens (tertiary/aromatic N) is 8. The number of likely N-dealkylation sites (tertiary alicyclic amines) is 2. The number of alkyl halides is 2. The molecule has 1 spiro atoms. The molecule has 14 rings (SSSR count). The average Bonchev–Trinajstić information content (AvgIpc) is 1.60. The fourth-order valence-electron chi connectivity index (χ4n) is 17.7. The van der Waals surface area contributed by atoms with Gasteiger partial charge in [-0.25, -0.2) is 18.2 Å². The van der Waals surface area contributed by atoms with Crippen LogP contribution < -0.4 is 25.6 Å². The number of hydrogen-bond acceptors (Lipinski definition) is 15. The number of β-amino-alcohol motifs (C(OH)–C–C–N with tert-alkyl or cyclic N) is 1. The Morgan fingerprint density at radius 3 is 2.25 bits per heavy atom. The van der Waals surface area contributed by atoms with Gasteiger partial charge in [0.1, 0.15) is 43.2 Å². The van der Waals surface area contributed by atoms with Crippen molar-refractivity contribution in [3.8, 4) is 39.2 Å². The Bertz CT molecular complexity index is 4430. The fraction of sp³-hybridized carbons (Fsp3) is 0.553. The third kappa shape index (κ3) is 13.1. The van der Waals surface area contributed by atoms with Crippen molar-refractivity contribution in [2.75, 3.05) is 50.8 Å². The Balaban J connectivity index is 0.645. The highest BCUT2D eigenvalue weighted by Gasteiger charge is 2.72. The first-order chi connectivity index (χ1) is 47.2. The normalized spacial score (nSPS) is 22.9. The van der Waals surface area contributed by atoms with Crippen molar-refractivity contribution in [3.05, 3.63) is 89.1 Å². The van der Waals surface area contributed by atoms with Crippen LogP contribution in [0, 0.1) is 46.4 Å². The predicted molar refractivity (Wildman–Crippen MR) is 389 cm³/mol. The SMILES string of the molecule is Cc1ncsc1-c1ccc(CNC(=O)[C@@H]2C[C@@H](O)CN2C(=O)[C@@H](NC(=O)CC2CCC3(CC2)CCN(C[C@@]2(COc4nc(N5CC6CCC(C5)N6)c5c(n4)sc4c(-c6c7cn[nH]c7cc7ccc(F)c(C#C[Si](C(C)C)(C(C)C)C(C)C)c67)nccc45)CC2(F)F)CC3)C(C)(C)C)cc1. The third-order valence-electron chi connectivity index (χ3n) is 23.4. The second-order valence-corrected chi connectivity index (χ2v) is 39.2. The Kier molecular flexibility index (Phi) is 18.6. The average molecular weight is 1400 g/mol. The van der Waals surface area contributed by atoms with Gasteiger partial charge in [-0.1, -0.05) is 98.6 Å².